The monoisotopic (exact) mass is 1300 g/mol. The molecular formula is C93H66N6S. The van der Waals surface area contributed by atoms with Gasteiger partial charge in [0.2, 0.25) is 0 Å². The number of benzene rings is 14. The topological polar surface area (TPSA) is 56.4 Å². The minimum Gasteiger partial charge on any atom is -0.309 e. The molecular weight excluding hydrogens is 1230 g/mol. The summed E-state index contributed by atoms with van der Waals surface area (Å²) < 4.78 is 10.6. The lowest BCUT2D eigenvalue weighted by atomic mass is 9.77. The predicted molar refractivity (Wildman–Crippen MR) is 422 cm³/mol. The van der Waals surface area contributed by atoms with Crippen molar-refractivity contribution in [1.29, 1.82) is 5.26 Å². The first-order valence-electron chi connectivity index (χ1n) is 34.4. The predicted octanol–water partition coefficient (Wildman–Crippen LogP) is 25.1. The van der Waals surface area contributed by atoms with Crippen LogP contribution in [0.1, 0.15) is 44.5 Å². The Labute approximate surface area is 583 Å². The second-order valence-electron chi connectivity index (χ2n) is 27.5. The van der Waals surface area contributed by atoms with E-state index >= 15 is 0 Å². The van der Waals surface area contributed by atoms with Gasteiger partial charge < -0.3 is 18.3 Å². The molecule has 7 heteroatoms. The van der Waals surface area contributed by atoms with Crippen LogP contribution in [0.15, 0.2) is 273 Å². The van der Waals surface area contributed by atoms with Crippen LogP contribution < -0.4 is 0 Å². The van der Waals surface area contributed by atoms with Crippen molar-refractivity contribution in [3.05, 3.63) is 317 Å². The summed E-state index contributed by atoms with van der Waals surface area (Å²) in [5, 5.41) is 23.2. The van der Waals surface area contributed by atoms with Crippen molar-refractivity contribution in [2.45, 2.75) is 48.5 Å². The van der Waals surface area contributed by atoms with E-state index in [1.165, 1.54) is 82.0 Å². The summed E-state index contributed by atoms with van der Waals surface area (Å²) in [4.78, 5) is 5.58. The third-order valence-electron chi connectivity index (χ3n) is 20.8. The molecule has 0 aliphatic carbocycles. The Morgan fingerprint density at radius 1 is 0.270 bits per heavy atom. The molecule has 0 radical (unpaired) electrons. The van der Waals surface area contributed by atoms with Gasteiger partial charge in [-0.1, -0.05) is 160 Å². The highest BCUT2D eigenvalue weighted by Gasteiger charge is 2.31. The van der Waals surface area contributed by atoms with Gasteiger partial charge in [-0.15, -0.1) is 11.3 Å². The van der Waals surface area contributed by atoms with Gasteiger partial charge in [0.25, 0.3) is 0 Å². The third kappa shape index (κ3) is 9.18. The van der Waals surface area contributed by atoms with E-state index in [0.29, 0.717) is 5.56 Å². The first-order valence-corrected chi connectivity index (χ1v) is 35.2. The second-order valence-corrected chi connectivity index (χ2v) is 28.6. The number of rotatable bonds is 9. The van der Waals surface area contributed by atoms with Crippen molar-refractivity contribution in [2.24, 2.45) is 0 Å². The molecule has 0 aliphatic rings. The third-order valence-corrected chi connectivity index (χ3v) is 21.9. The van der Waals surface area contributed by atoms with Crippen LogP contribution in [-0.2, 0) is 0 Å². The zero-order valence-electron chi connectivity index (χ0n) is 56.6. The summed E-state index contributed by atoms with van der Waals surface area (Å²) in [6.45, 7) is 15.2. The van der Waals surface area contributed by atoms with Gasteiger partial charge in [0.15, 0.2) is 0 Å². The maximum atomic E-state index is 12.6. The molecule has 0 atom stereocenters. The highest BCUT2D eigenvalue weighted by Crippen LogP contribution is 2.55. The molecule has 5 aromatic heterocycles. The molecule has 19 rings (SSSR count). The highest BCUT2D eigenvalue weighted by molar-refractivity contribution is 7.21. The van der Waals surface area contributed by atoms with Crippen molar-refractivity contribution in [3.63, 3.8) is 0 Å². The molecule has 5 heterocycles. The molecule has 0 spiro atoms. The van der Waals surface area contributed by atoms with Crippen molar-refractivity contribution in [1.82, 2.24) is 23.3 Å². The number of thiazole rings is 1. The minimum atomic E-state index is 0.551. The van der Waals surface area contributed by atoms with E-state index < -0.39 is 0 Å². The van der Waals surface area contributed by atoms with E-state index in [9.17, 15) is 5.26 Å². The number of hydrogen-bond donors (Lipinski definition) is 0. The Morgan fingerprint density at radius 3 is 0.870 bits per heavy atom. The molecule has 0 saturated heterocycles. The molecule has 19 aromatic rings. The molecule has 14 aromatic carbocycles. The van der Waals surface area contributed by atoms with Gasteiger partial charge in [-0.2, -0.15) is 5.26 Å². The first-order chi connectivity index (χ1) is 48.9. The van der Waals surface area contributed by atoms with E-state index in [2.05, 4.69) is 346 Å². The molecule has 0 aliphatic heterocycles. The fraction of sp³-hybridized carbons (Fsp3) is 0.0753. The number of nitriles is 1. The normalized spacial score (nSPS) is 11.9. The van der Waals surface area contributed by atoms with E-state index in [4.69, 9.17) is 4.98 Å². The number of fused-ring (bicyclic) bond motifs is 13. The summed E-state index contributed by atoms with van der Waals surface area (Å²) in [6.07, 6.45) is 0. The Morgan fingerprint density at radius 2 is 0.540 bits per heavy atom. The van der Waals surface area contributed by atoms with Crippen LogP contribution in [0, 0.1) is 59.8 Å². The summed E-state index contributed by atoms with van der Waals surface area (Å²) in [7, 11) is 0. The molecule has 0 N–H and O–H groups in total. The van der Waals surface area contributed by atoms with Gasteiger partial charge in [0.1, 0.15) is 11.1 Å². The average Bonchev–Trinajstić information content (AvgIpc) is 1.58. The van der Waals surface area contributed by atoms with Crippen LogP contribution in [0.25, 0.3) is 175 Å². The van der Waals surface area contributed by atoms with E-state index in [-0.39, 0.29) is 0 Å². The van der Waals surface area contributed by atoms with Gasteiger partial charge >= 0.3 is 0 Å². The molecule has 474 valence electrons. The number of aryl methyl sites for hydroxylation is 7. The van der Waals surface area contributed by atoms with Gasteiger partial charge in [0.05, 0.1) is 59.9 Å². The lowest BCUT2D eigenvalue weighted by molar-refractivity contribution is 1.18. The SMILES string of the molecule is Cc1ccc2c(c1)c1ccccc1n2-c1ccc(-c2c(-c3ccc(-n4c5ccc(C)cc5c5cc(C)ccc54)cc3)c(C#N)c(-c3nc4ccccc4s3)c(-c3ccc(-n4c5ccc(C)cc5c5cc(C)ccc54)cc3)c2-c2ccc(-n3c4ccc(C)cc4c4cc(C)ccc43)cc2)cc1. The van der Waals surface area contributed by atoms with E-state index in [0.717, 1.165) is 132 Å². The van der Waals surface area contributed by atoms with E-state index in [1.807, 2.05) is 0 Å². The fourth-order valence-electron chi connectivity index (χ4n) is 16.3. The van der Waals surface area contributed by atoms with Crippen LogP contribution in [0.2, 0.25) is 0 Å². The van der Waals surface area contributed by atoms with Gasteiger partial charge in [0, 0.05) is 82.5 Å². The smallest absolute Gasteiger partial charge is 0.126 e. The number of nitrogens with zero attached hydrogens (tertiary/aromatic N) is 6. The fourth-order valence-corrected chi connectivity index (χ4v) is 17.3. The zero-order valence-corrected chi connectivity index (χ0v) is 57.4. The van der Waals surface area contributed by atoms with Gasteiger partial charge in [-0.25, -0.2) is 4.98 Å². The molecule has 100 heavy (non-hydrogen) atoms. The molecule has 0 fully saturated rings. The summed E-state index contributed by atoms with van der Waals surface area (Å²) in [5.74, 6) is 0. The molecule has 0 amide bonds. The highest BCUT2D eigenvalue weighted by atomic mass is 32.1. The Bertz CT molecular complexity index is 6490. The summed E-state index contributed by atoms with van der Waals surface area (Å²) in [6, 6.07) is 104. The Hall–Kier alpha value is -12.3. The van der Waals surface area contributed by atoms with Crippen LogP contribution in [0.5, 0.6) is 0 Å². The summed E-state index contributed by atoms with van der Waals surface area (Å²) >= 11 is 1.64. The van der Waals surface area contributed by atoms with Crippen LogP contribution in [0.3, 0.4) is 0 Å². The molecule has 6 nitrogen and oxygen atoms in total. The lowest BCUT2D eigenvalue weighted by Gasteiger charge is -2.26. The maximum absolute atomic E-state index is 12.6. The number of hydrogen-bond acceptors (Lipinski definition) is 3. The average molecular weight is 1300 g/mol. The van der Waals surface area contributed by atoms with Crippen molar-refractivity contribution in [2.75, 3.05) is 0 Å². The molecule has 0 unspecified atom stereocenters. The zero-order chi connectivity index (χ0) is 67.3. The molecule has 0 bridgehead atoms. The van der Waals surface area contributed by atoms with Crippen molar-refractivity contribution >= 4 is 109 Å². The largest absolute Gasteiger partial charge is 0.309 e. The first kappa shape index (κ1) is 59.0. The van der Waals surface area contributed by atoms with Crippen LogP contribution >= 0.6 is 11.3 Å². The summed E-state index contributed by atoms with van der Waals surface area (Å²) in [5.41, 5.74) is 31.7. The van der Waals surface area contributed by atoms with Gasteiger partial charge in [-0.3, -0.25) is 0 Å². The standard InChI is InChI=1S/C93H66N6S/c1-54-16-39-80-70(46-54)69-12-8-10-14-79(69)96(80)65-33-25-62(26-34-65)89-88(61-23-31-66(32-24-61)97-81-40-17-55(2)47-71(81)72-48-56(3)18-41-82(72)97)77(53-94)92(93-95-78-13-9-11-15-87(78)100-93)91(64-29-37-68(38-30-64)99-85-44-21-59(6)51-75(85)76-52-60(7)22-45-86(76)99)90(89)63-27-35-67(36-28-63)98-83-42-19-57(4)49-73(83)74-50-58(5)20-43-84(74)98/h8-52H,1-7H3. The number of aromatic nitrogens is 5. The molecule has 0 saturated carbocycles. The van der Waals surface area contributed by atoms with Crippen LogP contribution in [0.4, 0.5) is 0 Å². The van der Waals surface area contributed by atoms with Crippen molar-refractivity contribution in [3.8, 4) is 83.9 Å². The minimum absolute atomic E-state index is 0.551. The second kappa shape index (κ2) is 22.6. The Balaban J connectivity index is 0.922. The van der Waals surface area contributed by atoms with Crippen LogP contribution in [-0.4, -0.2) is 23.3 Å². The van der Waals surface area contributed by atoms with Gasteiger partial charge in [-0.05, 0) is 234 Å². The lowest BCUT2D eigenvalue weighted by Crippen LogP contribution is -2.03. The Kier molecular flexibility index (Phi) is 13.3. The van der Waals surface area contributed by atoms with Crippen molar-refractivity contribution < 1.29 is 0 Å². The quantitative estimate of drug-likeness (QED) is 0.145. The maximum Gasteiger partial charge on any atom is 0.126 e. The van der Waals surface area contributed by atoms with E-state index in [1.54, 1.807) is 11.3 Å². The number of para-hydroxylation sites is 2.